The molecule has 23 heavy (non-hydrogen) atoms. The van der Waals surface area contributed by atoms with Gasteiger partial charge in [0.15, 0.2) is 0 Å². The highest BCUT2D eigenvalue weighted by Gasteiger charge is 2.25. The Kier molecular flexibility index (Phi) is 3.99. The van der Waals surface area contributed by atoms with Crippen molar-refractivity contribution in [2.45, 2.75) is 39.2 Å². The molecule has 0 bridgehead atoms. The van der Waals surface area contributed by atoms with E-state index in [1.165, 1.54) is 29.7 Å². The summed E-state index contributed by atoms with van der Waals surface area (Å²) in [4.78, 5) is 8.98. The maximum atomic E-state index is 5.49. The molecule has 0 amide bonds. The van der Waals surface area contributed by atoms with Gasteiger partial charge in [0.25, 0.3) is 0 Å². The second-order valence-electron chi connectivity index (χ2n) is 6.35. The van der Waals surface area contributed by atoms with Crippen LogP contribution >= 0.6 is 0 Å². The SMILES string of the molecule is CCOc1ncc2c(n1)-c1c(cnn1CC1CCNCC1)CC2. The lowest BCUT2D eigenvalue weighted by Gasteiger charge is -2.24. The molecule has 1 N–H and O–H groups in total. The van der Waals surface area contributed by atoms with Gasteiger partial charge in [0, 0.05) is 18.3 Å². The van der Waals surface area contributed by atoms with Crippen molar-refractivity contribution in [3.8, 4) is 17.4 Å². The molecule has 0 aromatic carbocycles. The van der Waals surface area contributed by atoms with E-state index in [2.05, 4.69) is 25.1 Å². The third-order valence-corrected chi connectivity index (χ3v) is 4.81. The van der Waals surface area contributed by atoms with Crippen LogP contribution in [0, 0.1) is 5.92 Å². The number of nitrogens with one attached hydrogen (secondary N) is 1. The Hall–Kier alpha value is -1.95. The number of fused-ring (bicyclic) bond motifs is 3. The van der Waals surface area contributed by atoms with Gasteiger partial charge in [-0.1, -0.05) is 0 Å². The van der Waals surface area contributed by atoms with Crippen molar-refractivity contribution in [3.05, 3.63) is 23.5 Å². The predicted molar refractivity (Wildman–Crippen MR) is 87.4 cm³/mol. The molecule has 2 aromatic heterocycles. The molecule has 1 fully saturated rings. The van der Waals surface area contributed by atoms with E-state index in [0.717, 1.165) is 38.2 Å². The van der Waals surface area contributed by atoms with Gasteiger partial charge in [0.1, 0.15) is 0 Å². The van der Waals surface area contributed by atoms with E-state index in [0.29, 0.717) is 18.5 Å². The molecule has 4 rings (SSSR count). The minimum atomic E-state index is 0.466. The van der Waals surface area contributed by atoms with Crippen LogP contribution in [-0.4, -0.2) is 39.4 Å². The molecule has 0 radical (unpaired) electrons. The molecule has 0 spiro atoms. The van der Waals surface area contributed by atoms with Crippen LogP contribution in [-0.2, 0) is 19.4 Å². The Morgan fingerprint density at radius 1 is 1.22 bits per heavy atom. The molecule has 0 saturated carbocycles. The monoisotopic (exact) mass is 313 g/mol. The average Bonchev–Trinajstić information content (AvgIpc) is 2.99. The van der Waals surface area contributed by atoms with Crippen molar-refractivity contribution in [2.24, 2.45) is 5.92 Å². The molecule has 2 aromatic rings. The first-order valence-electron chi connectivity index (χ1n) is 8.59. The van der Waals surface area contributed by atoms with Crippen molar-refractivity contribution < 1.29 is 4.74 Å². The van der Waals surface area contributed by atoms with Crippen LogP contribution in [0.3, 0.4) is 0 Å². The summed E-state index contributed by atoms with van der Waals surface area (Å²) in [6.07, 6.45) is 8.37. The third-order valence-electron chi connectivity index (χ3n) is 4.81. The van der Waals surface area contributed by atoms with Gasteiger partial charge in [-0.15, -0.1) is 0 Å². The van der Waals surface area contributed by atoms with Gasteiger partial charge in [0.2, 0.25) is 0 Å². The molecule has 1 saturated heterocycles. The fraction of sp³-hybridized carbons (Fsp3) is 0.588. The summed E-state index contributed by atoms with van der Waals surface area (Å²) < 4.78 is 7.65. The topological polar surface area (TPSA) is 64.9 Å². The summed E-state index contributed by atoms with van der Waals surface area (Å²) in [7, 11) is 0. The Labute approximate surface area is 136 Å². The van der Waals surface area contributed by atoms with Gasteiger partial charge in [-0.25, -0.2) is 4.98 Å². The number of ether oxygens (including phenoxy) is 1. The van der Waals surface area contributed by atoms with Crippen LogP contribution in [0.1, 0.15) is 30.9 Å². The zero-order valence-corrected chi connectivity index (χ0v) is 13.6. The van der Waals surface area contributed by atoms with Crippen LogP contribution in [0.5, 0.6) is 6.01 Å². The lowest BCUT2D eigenvalue weighted by Crippen LogP contribution is -2.30. The number of aryl methyl sites for hydroxylation is 2. The van der Waals surface area contributed by atoms with Crippen LogP contribution in [0.15, 0.2) is 12.4 Å². The maximum Gasteiger partial charge on any atom is 0.316 e. The quantitative estimate of drug-likeness (QED) is 0.933. The molecule has 122 valence electrons. The van der Waals surface area contributed by atoms with E-state index in [-0.39, 0.29) is 0 Å². The fourth-order valence-corrected chi connectivity index (χ4v) is 3.58. The van der Waals surface area contributed by atoms with E-state index >= 15 is 0 Å². The first-order valence-corrected chi connectivity index (χ1v) is 8.59. The van der Waals surface area contributed by atoms with Crippen molar-refractivity contribution in [1.82, 2.24) is 25.1 Å². The Morgan fingerprint density at radius 3 is 2.87 bits per heavy atom. The summed E-state index contributed by atoms with van der Waals surface area (Å²) in [6, 6.07) is 0.466. The van der Waals surface area contributed by atoms with E-state index in [4.69, 9.17) is 4.74 Å². The fourth-order valence-electron chi connectivity index (χ4n) is 3.58. The van der Waals surface area contributed by atoms with E-state index in [1.807, 2.05) is 19.3 Å². The van der Waals surface area contributed by atoms with Gasteiger partial charge in [-0.05, 0) is 57.2 Å². The van der Waals surface area contributed by atoms with E-state index in [9.17, 15) is 0 Å². The zero-order valence-electron chi connectivity index (χ0n) is 13.6. The summed E-state index contributed by atoms with van der Waals surface area (Å²) in [6.45, 7) is 5.74. The predicted octanol–water partition coefficient (Wildman–Crippen LogP) is 1.84. The van der Waals surface area contributed by atoms with Crippen molar-refractivity contribution in [1.29, 1.82) is 0 Å². The van der Waals surface area contributed by atoms with Crippen LogP contribution < -0.4 is 10.1 Å². The molecule has 3 heterocycles. The molecule has 0 atom stereocenters. The minimum absolute atomic E-state index is 0.466. The Balaban J connectivity index is 1.68. The third kappa shape index (κ3) is 2.83. The number of nitrogens with zero attached hydrogens (tertiary/aromatic N) is 4. The molecular weight excluding hydrogens is 290 g/mol. The normalized spacial score (nSPS) is 17.6. The Bertz CT molecular complexity index is 690. The number of aromatic nitrogens is 4. The smallest absolute Gasteiger partial charge is 0.316 e. The average molecular weight is 313 g/mol. The first kappa shape index (κ1) is 14.6. The number of hydrogen-bond acceptors (Lipinski definition) is 5. The van der Waals surface area contributed by atoms with Crippen LogP contribution in [0.4, 0.5) is 0 Å². The van der Waals surface area contributed by atoms with Gasteiger partial charge < -0.3 is 10.1 Å². The van der Waals surface area contributed by atoms with Crippen molar-refractivity contribution >= 4 is 0 Å². The standard InChI is InChI=1S/C17H23N5O/c1-2-23-17-19-9-13-3-4-14-10-20-22(16(14)15(13)21-17)11-12-5-7-18-8-6-12/h9-10,12,18H,2-8,11H2,1H3. The lowest BCUT2D eigenvalue weighted by molar-refractivity contribution is 0.311. The highest BCUT2D eigenvalue weighted by molar-refractivity contribution is 5.65. The molecule has 6 heteroatoms. The molecular formula is C17H23N5O. The van der Waals surface area contributed by atoms with E-state index < -0.39 is 0 Å². The Morgan fingerprint density at radius 2 is 2.04 bits per heavy atom. The first-order chi connectivity index (χ1) is 11.3. The number of hydrogen-bond donors (Lipinski definition) is 1. The second kappa shape index (κ2) is 6.28. The van der Waals surface area contributed by atoms with Crippen LogP contribution in [0.25, 0.3) is 11.4 Å². The highest BCUT2D eigenvalue weighted by Crippen LogP contribution is 2.33. The molecule has 2 aliphatic rings. The van der Waals surface area contributed by atoms with Crippen LogP contribution in [0.2, 0.25) is 0 Å². The lowest BCUT2D eigenvalue weighted by atomic mass is 9.94. The number of rotatable bonds is 4. The zero-order chi connectivity index (χ0) is 15.6. The summed E-state index contributed by atoms with van der Waals surface area (Å²) in [5, 5.41) is 8.09. The van der Waals surface area contributed by atoms with Gasteiger partial charge in [-0.2, -0.15) is 10.1 Å². The van der Waals surface area contributed by atoms with Gasteiger partial charge in [0.05, 0.1) is 24.2 Å². The highest BCUT2D eigenvalue weighted by atomic mass is 16.5. The van der Waals surface area contributed by atoms with E-state index in [1.54, 1.807) is 0 Å². The maximum absolute atomic E-state index is 5.49. The summed E-state index contributed by atoms with van der Waals surface area (Å²) in [5.74, 6) is 0.693. The molecule has 1 aliphatic heterocycles. The largest absolute Gasteiger partial charge is 0.464 e. The van der Waals surface area contributed by atoms with Gasteiger partial charge in [-0.3, -0.25) is 4.68 Å². The molecule has 6 nitrogen and oxygen atoms in total. The second-order valence-corrected chi connectivity index (χ2v) is 6.35. The summed E-state index contributed by atoms with van der Waals surface area (Å²) in [5.41, 5.74) is 4.69. The molecule has 1 aliphatic carbocycles. The van der Waals surface area contributed by atoms with Crippen molar-refractivity contribution in [3.63, 3.8) is 0 Å². The van der Waals surface area contributed by atoms with Crippen molar-refractivity contribution in [2.75, 3.05) is 19.7 Å². The van der Waals surface area contributed by atoms with Gasteiger partial charge >= 0.3 is 6.01 Å². The molecule has 0 unspecified atom stereocenters. The summed E-state index contributed by atoms with van der Waals surface area (Å²) >= 11 is 0. The number of piperidine rings is 1. The minimum Gasteiger partial charge on any atom is -0.464 e.